The van der Waals surface area contributed by atoms with E-state index in [0.717, 1.165) is 43.4 Å². The number of piperazine rings is 1. The normalized spacial score (nSPS) is 19.6. The van der Waals surface area contributed by atoms with Gasteiger partial charge in [-0.1, -0.05) is 12.1 Å². The molecule has 33 heavy (non-hydrogen) atoms. The van der Waals surface area contributed by atoms with Crippen LogP contribution in [0.1, 0.15) is 47.2 Å². The maximum Gasteiger partial charge on any atom is 0.254 e. The van der Waals surface area contributed by atoms with E-state index in [-0.39, 0.29) is 24.9 Å². The Morgan fingerprint density at radius 3 is 2.27 bits per heavy atom. The van der Waals surface area contributed by atoms with Crippen LogP contribution in [0.25, 0.3) is 0 Å². The van der Waals surface area contributed by atoms with Crippen molar-refractivity contribution in [2.75, 3.05) is 37.6 Å². The molecule has 2 aliphatic heterocycles. The Morgan fingerprint density at radius 2 is 1.55 bits per heavy atom. The summed E-state index contributed by atoms with van der Waals surface area (Å²) in [5.41, 5.74) is 3.68. The summed E-state index contributed by atoms with van der Waals surface area (Å²) in [6.07, 6.45) is 5.58. The Balaban J connectivity index is 1.26. The lowest BCUT2D eigenvalue weighted by Gasteiger charge is -2.34. The Kier molecular flexibility index (Phi) is 5.97. The second-order valence-corrected chi connectivity index (χ2v) is 11.0. The first kappa shape index (κ1) is 22.1. The van der Waals surface area contributed by atoms with Gasteiger partial charge in [-0.25, -0.2) is 8.42 Å². The average molecular weight is 468 g/mol. The van der Waals surface area contributed by atoms with Gasteiger partial charge in [0, 0.05) is 50.4 Å². The second-order valence-electron chi connectivity index (χ2n) is 9.03. The van der Waals surface area contributed by atoms with Crippen molar-refractivity contribution in [2.45, 2.75) is 43.4 Å². The Bertz CT molecular complexity index is 1190. The molecule has 1 aliphatic carbocycles. The standard InChI is InChI=1S/C25H29N3O4S/c29-24-9-4-12-28(24)22-8-3-7-21(17-22)25(30)26-13-15-27(16-14-26)33(31,32)23-11-10-19-5-1-2-6-20(19)18-23/h3,7-8,10-11,17-18H,1-2,4-6,9,12-16H2. The summed E-state index contributed by atoms with van der Waals surface area (Å²) < 4.78 is 27.9. The van der Waals surface area contributed by atoms with E-state index in [1.54, 1.807) is 34.1 Å². The molecular formula is C25H29N3O4S. The number of aryl methyl sites for hydroxylation is 2. The first-order chi connectivity index (χ1) is 15.9. The minimum Gasteiger partial charge on any atom is -0.336 e. The van der Waals surface area contributed by atoms with Crippen molar-refractivity contribution >= 4 is 27.5 Å². The molecule has 0 radical (unpaired) electrons. The van der Waals surface area contributed by atoms with Crippen LogP contribution in [0.5, 0.6) is 0 Å². The molecular weight excluding hydrogens is 438 g/mol. The first-order valence-electron chi connectivity index (χ1n) is 11.8. The molecule has 0 saturated carbocycles. The van der Waals surface area contributed by atoms with Crippen molar-refractivity contribution < 1.29 is 18.0 Å². The van der Waals surface area contributed by atoms with Crippen molar-refractivity contribution in [1.29, 1.82) is 0 Å². The maximum absolute atomic E-state index is 13.2. The van der Waals surface area contributed by atoms with Gasteiger partial charge < -0.3 is 9.80 Å². The summed E-state index contributed by atoms with van der Waals surface area (Å²) in [6.45, 7) is 1.91. The molecule has 2 saturated heterocycles. The van der Waals surface area contributed by atoms with Crippen molar-refractivity contribution in [2.24, 2.45) is 0 Å². The van der Waals surface area contributed by atoms with Gasteiger partial charge in [-0.15, -0.1) is 0 Å². The molecule has 2 fully saturated rings. The highest BCUT2D eigenvalue weighted by molar-refractivity contribution is 7.89. The van der Waals surface area contributed by atoms with Crippen LogP contribution < -0.4 is 4.90 Å². The molecule has 0 aromatic heterocycles. The van der Waals surface area contributed by atoms with Crippen molar-refractivity contribution in [3.05, 3.63) is 59.2 Å². The number of carbonyl (C=O) groups is 2. The number of rotatable bonds is 4. The molecule has 3 aliphatic rings. The van der Waals surface area contributed by atoms with Crippen LogP contribution in [0.4, 0.5) is 5.69 Å². The minimum atomic E-state index is -3.58. The van der Waals surface area contributed by atoms with Crippen LogP contribution >= 0.6 is 0 Å². The number of hydrogen-bond donors (Lipinski definition) is 0. The number of fused-ring (bicyclic) bond motifs is 1. The number of sulfonamides is 1. The third kappa shape index (κ3) is 4.29. The number of benzene rings is 2. The molecule has 0 N–H and O–H groups in total. The van der Waals surface area contributed by atoms with Crippen LogP contribution in [0.3, 0.4) is 0 Å². The van der Waals surface area contributed by atoms with Gasteiger partial charge >= 0.3 is 0 Å². The number of amides is 2. The minimum absolute atomic E-state index is 0.0839. The van der Waals surface area contributed by atoms with E-state index in [4.69, 9.17) is 0 Å². The number of hydrogen-bond acceptors (Lipinski definition) is 4. The lowest BCUT2D eigenvalue weighted by Crippen LogP contribution is -2.50. The summed E-state index contributed by atoms with van der Waals surface area (Å²) >= 11 is 0. The zero-order valence-electron chi connectivity index (χ0n) is 18.7. The van der Waals surface area contributed by atoms with Gasteiger partial charge in [0.25, 0.3) is 5.91 Å². The molecule has 2 heterocycles. The third-order valence-electron chi connectivity index (χ3n) is 6.96. The SMILES string of the molecule is O=C(c1cccc(N2CCCC2=O)c1)N1CCN(S(=O)(=O)c2ccc3c(c2)CCCC3)CC1. The summed E-state index contributed by atoms with van der Waals surface area (Å²) in [5.74, 6) is -0.0464. The van der Waals surface area contributed by atoms with E-state index in [2.05, 4.69) is 0 Å². The highest BCUT2D eigenvalue weighted by Crippen LogP contribution is 2.27. The highest BCUT2D eigenvalue weighted by Gasteiger charge is 2.31. The topological polar surface area (TPSA) is 78.0 Å². The summed E-state index contributed by atoms with van der Waals surface area (Å²) in [6, 6.07) is 12.7. The van der Waals surface area contributed by atoms with Crippen LogP contribution in [0, 0.1) is 0 Å². The molecule has 2 amide bonds. The van der Waals surface area contributed by atoms with Gasteiger partial charge in [0.2, 0.25) is 15.9 Å². The van der Waals surface area contributed by atoms with Gasteiger partial charge in [0.05, 0.1) is 4.90 Å². The summed E-state index contributed by atoms with van der Waals surface area (Å²) in [5, 5.41) is 0. The zero-order valence-corrected chi connectivity index (χ0v) is 19.5. The first-order valence-corrected chi connectivity index (χ1v) is 13.2. The molecule has 0 spiro atoms. The Morgan fingerprint density at radius 1 is 0.788 bits per heavy atom. The van der Waals surface area contributed by atoms with E-state index < -0.39 is 10.0 Å². The van der Waals surface area contributed by atoms with Gasteiger partial charge in [-0.05, 0) is 73.6 Å². The fraction of sp³-hybridized carbons (Fsp3) is 0.440. The van der Waals surface area contributed by atoms with Gasteiger partial charge in [-0.2, -0.15) is 4.31 Å². The van der Waals surface area contributed by atoms with Gasteiger partial charge in [-0.3, -0.25) is 9.59 Å². The quantitative estimate of drug-likeness (QED) is 0.693. The molecule has 8 heteroatoms. The number of carbonyl (C=O) groups excluding carboxylic acids is 2. The van der Waals surface area contributed by atoms with Crippen LogP contribution in [-0.2, 0) is 27.7 Å². The van der Waals surface area contributed by atoms with Gasteiger partial charge in [0.15, 0.2) is 0 Å². The van der Waals surface area contributed by atoms with Crippen LogP contribution in [-0.4, -0.2) is 62.2 Å². The predicted molar refractivity (Wildman–Crippen MR) is 126 cm³/mol. The average Bonchev–Trinajstić information content (AvgIpc) is 3.29. The Labute approximate surface area is 195 Å². The fourth-order valence-electron chi connectivity index (χ4n) is 5.06. The van der Waals surface area contributed by atoms with E-state index in [1.807, 2.05) is 18.2 Å². The highest BCUT2D eigenvalue weighted by atomic mass is 32.2. The van der Waals surface area contributed by atoms with Crippen molar-refractivity contribution in [1.82, 2.24) is 9.21 Å². The molecule has 7 nitrogen and oxygen atoms in total. The van der Waals surface area contributed by atoms with Crippen LogP contribution in [0.2, 0.25) is 0 Å². The predicted octanol–water partition coefficient (Wildman–Crippen LogP) is 2.84. The maximum atomic E-state index is 13.2. The molecule has 2 aromatic carbocycles. The van der Waals surface area contributed by atoms with E-state index in [1.165, 1.54) is 9.87 Å². The fourth-order valence-corrected chi connectivity index (χ4v) is 6.53. The molecule has 0 bridgehead atoms. The van der Waals surface area contributed by atoms with Crippen molar-refractivity contribution in [3.8, 4) is 0 Å². The number of nitrogens with zero attached hydrogens (tertiary/aromatic N) is 3. The second kappa shape index (κ2) is 8.91. The van der Waals surface area contributed by atoms with Crippen molar-refractivity contribution in [3.63, 3.8) is 0 Å². The Hall–Kier alpha value is -2.71. The lowest BCUT2D eigenvalue weighted by atomic mass is 9.92. The molecule has 5 rings (SSSR count). The van der Waals surface area contributed by atoms with Crippen LogP contribution in [0.15, 0.2) is 47.4 Å². The molecule has 0 unspecified atom stereocenters. The summed E-state index contributed by atoms with van der Waals surface area (Å²) in [4.78, 5) is 28.9. The van der Waals surface area contributed by atoms with Gasteiger partial charge in [0.1, 0.15) is 0 Å². The monoisotopic (exact) mass is 467 g/mol. The molecule has 0 atom stereocenters. The number of anilines is 1. The van der Waals surface area contributed by atoms with E-state index >= 15 is 0 Å². The third-order valence-corrected chi connectivity index (χ3v) is 8.86. The molecule has 2 aromatic rings. The smallest absolute Gasteiger partial charge is 0.254 e. The zero-order chi connectivity index (χ0) is 23.0. The largest absolute Gasteiger partial charge is 0.336 e. The lowest BCUT2D eigenvalue weighted by molar-refractivity contribution is -0.117. The molecule has 174 valence electrons. The summed E-state index contributed by atoms with van der Waals surface area (Å²) in [7, 11) is -3.58. The van der Waals surface area contributed by atoms with E-state index in [9.17, 15) is 18.0 Å². The van der Waals surface area contributed by atoms with E-state index in [0.29, 0.717) is 36.5 Å².